The van der Waals surface area contributed by atoms with E-state index < -0.39 is 10.3 Å². The van der Waals surface area contributed by atoms with Crippen molar-refractivity contribution >= 4 is 15.7 Å². The summed E-state index contributed by atoms with van der Waals surface area (Å²) < 4.78 is 25.5. The zero-order chi connectivity index (χ0) is 9.52. The molecule has 1 aliphatic heterocycles. The van der Waals surface area contributed by atoms with Gasteiger partial charge in [-0.05, 0) is 19.4 Å². The molecule has 0 aromatic rings. The molecule has 1 heterocycles. The lowest BCUT2D eigenvalue weighted by Crippen LogP contribution is -2.36. The number of hydrogen-bond acceptors (Lipinski definition) is 4. The summed E-state index contributed by atoms with van der Waals surface area (Å²) in [5, 5.41) is 1.32. The third kappa shape index (κ3) is 5.02. The molecule has 1 saturated heterocycles. The summed E-state index contributed by atoms with van der Waals surface area (Å²) in [7, 11) is -1.99. The van der Waals surface area contributed by atoms with Crippen molar-refractivity contribution in [1.82, 2.24) is 4.90 Å². The highest BCUT2D eigenvalue weighted by atomic mass is 32.2. The van der Waals surface area contributed by atoms with Gasteiger partial charge in [-0.1, -0.05) is 0 Å². The minimum absolute atomic E-state index is 0.646. The first-order valence-corrected chi connectivity index (χ1v) is 5.64. The number of nitrogens with zero attached hydrogens (tertiary/aromatic N) is 1. The summed E-state index contributed by atoms with van der Waals surface area (Å²) in [5.41, 5.74) is 0. The van der Waals surface area contributed by atoms with Crippen molar-refractivity contribution in [3.63, 3.8) is 0 Å². The maximum atomic E-state index is 10.2. The van der Waals surface area contributed by atoms with Crippen molar-refractivity contribution in [1.29, 1.82) is 0 Å². The molecule has 0 radical (unpaired) electrons. The molecule has 76 valence electrons. The fourth-order valence-corrected chi connectivity index (χ4v) is 1.68. The predicted octanol–water partition coefficient (Wildman–Crippen LogP) is -0.220. The maximum absolute atomic E-state index is 10.2. The minimum Gasteiger partial charge on any atom is -0.379 e. The van der Waals surface area contributed by atoms with E-state index in [9.17, 15) is 8.42 Å². The Morgan fingerprint density at radius 3 is 2.62 bits per heavy atom. The van der Waals surface area contributed by atoms with E-state index in [4.69, 9.17) is 4.74 Å². The topological polar surface area (TPSA) is 46.6 Å². The van der Waals surface area contributed by atoms with Crippen LogP contribution in [0.15, 0.2) is 0 Å². The van der Waals surface area contributed by atoms with Crippen LogP contribution in [0.2, 0.25) is 0 Å². The fraction of sp³-hybridized carbons (Fsp3) is 0.875. The Morgan fingerprint density at radius 2 is 2.00 bits per heavy atom. The molecular formula is C8H15NO3S. The Kier molecular flexibility index (Phi) is 5.03. The van der Waals surface area contributed by atoms with Gasteiger partial charge in [0.1, 0.15) is 0 Å². The lowest BCUT2D eigenvalue weighted by Gasteiger charge is -2.26. The Bertz CT molecular complexity index is 247. The number of morpholine rings is 1. The van der Waals surface area contributed by atoms with Crippen molar-refractivity contribution in [2.75, 3.05) is 32.8 Å². The van der Waals surface area contributed by atoms with Crippen LogP contribution in [0.5, 0.6) is 0 Å². The normalized spacial score (nSPS) is 18.5. The van der Waals surface area contributed by atoms with Gasteiger partial charge in [-0.25, -0.2) is 0 Å². The van der Waals surface area contributed by atoms with E-state index >= 15 is 0 Å². The minimum atomic E-state index is -1.99. The first-order valence-electron chi connectivity index (χ1n) is 4.50. The third-order valence-electron chi connectivity index (χ3n) is 2.04. The average Bonchev–Trinajstić information content (AvgIpc) is 2.14. The van der Waals surface area contributed by atoms with Crippen LogP contribution in [0.4, 0.5) is 0 Å². The second-order valence-corrected chi connectivity index (χ2v) is 3.88. The Labute approximate surface area is 80.0 Å². The standard InChI is InChI=1S/C8H15NO3S/c10-13(11)8-2-1-3-9-4-6-12-7-5-9/h8H,1-7H2. The van der Waals surface area contributed by atoms with Gasteiger partial charge < -0.3 is 4.74 Å². The number of hydrogen-bond donors (Lipinski definition) is 0. The first-order chi connectivity index (χ1) is 6.29. The van der Waals surface area contributed by atoms with Crippen LogP contribution in [-0.4, -0.2) is 51.5 Å². The predicted molar refractivity (Wildman–Crippen MR) is 51.5 cm³/mol. The lowest BCUT2D eigenvalue weighted by molar-refractivity contribution is 0.0377. The first kappa shape index (κ1) is 10.7. The van der Waals surface area contributed by atoms with Gasteiger partial charge in [0.05, 0.1) is 13.2 Å². The second-order valence-electron chi connectivity index (χ2n) is 3.02. The molecule has 0 atom stereocenters. The SMILES string of the molecule is O=S(=O)=CCCCN1CCOCC1. The molecule has 0 bridgehead atoms. The Hall–Kier alpha value is -0.390. The van der Waals surface area contributed by atoms with Crippen molar-refractivity contribution < 1.29 is 13.2 Å². The van der Waals surface area contributed by atoms with E-state index in [2.05, 4.69) is 4.90 Å². The summed E-state index contributed by atoms with van der Waals surface area (Å²) in [5.74, 6) is 0. The van der Waals surface area contributed by atoms with Gasteiger partial charge in [-0.15, -0.1) is 0 Å². The van der Waals surface area contributed by atoms with Crippen LogP contribution in [-0.2, 0) is 15.0 Å². The number of ether oxygens (including phenoxy) is 1. The fourth-order valence-electron chi connectivity index (χ4n) is 1.32. The molecule has 0 spiro atoms. The highest BCUT2D eigenvalue weighted by Crippen LogP contribution is 1.98. The molecule has 1 fully saturated rings. The van der Waals surface area contributed by atoms with Gasteiger partial charge >= 0.3 is 0 Å². The Balaban J connectivity index is 2.07. The molecule has 0 aromatic carbocycles. The van der Waals surface area contributed by atoms with Crippen molar-refractivity contribution in [3.8, 4) is 0 Å². The van der Waals surface area contributed by atoms with Crippen molar-refractivity contribution in [2.45, 2.75) is 12.8 Å². The molecule has 5 heteroatoms. The molecule has 1 rings (SSSR count). The quantitative estimate of drug-likeness (QED) is 0.470. The third-order valence-corrected chi connectivity index (χ3v) is 2.54. The van der Waals surface area contributed by atoms with Crippen LogP contribution in [0.25, 0.3) is 0 Å². The van der Waals surface area contributed by atoms with E-state index in [-0.39, 0.29) is 0 Å². The summed E-state index contributed by atoms with van der Waals surface area (Å²) in [6.07, 6.45) is 1.56. The molecule has 0 aromatic heterocycles. The maximum Gasteiger partial charge on any atom is 0.209 e. The van der Waals surface area contributed by atoms with Crippen LogP contribution < -0.4 is 0 Å². The van der Waals surface area contributed by atoms with Crippen molar-refractivity contribution in [2.24, 2.45) is 0 Å². The van der Waals surface area contributed by atoms with Gasteiger partial charge in [0.25, 0.3) is 0 Å². The van der Waals surface area contributed by atoms with Gasteiger partial charge in [-0.3, -0.25) is 4.90 Å². The van der Waals surface area contributed by atoms with Crippen LogP contribution in [0.3, 0.4) is 0 Å². The molecule has 0 N–H and O–H groups in total. The highest BCUT2D eigenvalue weighted by molar-refractivity contribution is 7.71. The van der Waals surface area contributed by atoms with E-state index in [0.717, 1.165) is 39.3 Å². The van der Waals surface area contributed by atoms with Gasteiger partial charge in [0.15, 0.2) is 0 Å². The molecular weight excluding hydrogens is 190 g/mol. The smallest absolute Gasteiger partial charge is 0.209 e. The number of unbranched alkanes of at least 4 members (excludes halogenated alkanes) is 1. The summed E-state index contributed by atoms with van der Waals surface area (Å²) in [4.78, 5) is 2.30. The molecule has 13 heavy (non-hydrogen) atoms. The molecule has 4 nitrogen and oxygen atoms in total. The van der Waals surface area contributed by atoms with E-state index in [1.807, 2.05) is 0 Å². The number of rotatable bonds is 4. The highest BCUT2D eigenvalue weighted by Gasteiger charge is 2.08. The average molecular weight is 205 g/mol. The largest absolute Gasteiger partial charge is 0.379 e. The summed E-state index contributed by atoms with van der Waals surface area (Å²) in [6.45, 7) is 4.52. The van der Waals surface area contributed by atoms with Gasteiger partial charge in [0, 0.05) is 18.5 Å². The zero-order valence-electron chi connectivity index (χ0n) is 7.61. The second kappa shape index (κ2) is 6.12. The van der Waals surface area contributed by atoms with Crippen LogP contribution in [0.1, 0.15) is 12.8 Å². The molecule has 1 aliphatic rings. The molecule has 0 saturated carbocycles. The van der Waals surface area contributed by atoms with Gasteiger partial charge in [-0.2, -0.15) is 8.42 Å². The summed E-state index contributed by atoms with van der Waals surface area (Å²) in [6, 6.07) is 0. The van der Waals surface area contributed by atoms with Gasteiger partial charge in [0.2, 0.25) is 10.3 Å². The van der Waals surface area contributed by atoms with E-state index in [1.54, 1.807) is 0 Å². The molecule has 0 aliphatic carbocycles. The molecule has 0 unspecified atom stereocenters. The summed E-state index contributed by atoms with van der Waals surface area (Å²) >= 11 is 0. The van der Waals surface area contributed by atoms with Crippen LogP contribution in [0, 0.1) is 0 Å². The molecule has 0 amide bonds. The van der Waals surface area contributed by atoms with Crippen LogP contribution >= 0.6 is 0 Å². The Morgan fingerprint density at radius 1 is 1.31 bits per heavy atom. The van der Waals surface area contributed by atoms with E-state index in [0.29, 0.717) is 6.42 Å². The van der Waals surface area contributed by atoms with E-state index in [1.165, 1.54) is 5.37 Å². The lowest BCUT2D eigenvalue weighted by atomic mass is 10.3. The zero-order valence-corrected chi connectivity index (χ0v) is 8.42. The monoisotopic (exact) mass is 205 g/mol. The van der Waals surface area contributed by atoms with Crippen molar-refractivity contribution in [3.05, 3.63) is 0 Å².